The van der Waals surface area contributed by atoms with E-state index >= 15 is 0 Å². The van der Waals surface area contributed by atoms with Crippen LogP contribution in [0.1, 0.15) is 37.1 Å². The minimum atomic E-state index is -0.965. The first-order valence-corrected chi connectivity index (χ1v) is 20.5. The number of fused-ring (bicyclic) bond motifs is 4. The molecule has 0 radical (unpaired) electrons. The molecule has 0 saturated carbocycles. The summed E-state index contributed by atoms with van der Waals surface area (Å²) in [5.41, 5.74) is 11.7. The van der Waals surface area contributed by atoms with Crippen molar-refractivity contribution in [3.05, 3.63) is 159 Å². The molecular formula is C44H31BrCl2F4N12. The van der Waals surface area contributed by atoms with Crippen LogP contribution in [0, 0.1) is 23.3 Å². The molecule has 6 aromatic heterocycles. The first kappa shape index (κ1) is 43.0. The summed E-state index contributed by atoms with van der Waals surface area (Å²) in [5.74, 6) is -3.24. The first-order chi connectivity index (χ1) is 30.4. The monoisotopic (exact) mass is 952 g/mol. The predicted octanol–water partition coefficient (Wildman–Crippen LogP) is 11.6. The number of hydrogen-bond donors (Lipinski definition) is 4. The highest BCUT2D eigenvalue weighted by Gasteiger charge is 2.22. The van der Waals surface area contributed by atoms with Gasteiger partial charge in [-0.05, 0) is 83.9 Å². The van der Waals surface area contributed by atoms with Crippen LogP contribution in [0.4, 0.5) is 23.4 Å². The van der Waals surface area contributed by atoms with Crippen LogP contribution in [0.3, 0.4) is 0 Å². The average molecular weight is 955 g/mol. The smallest absolute Gasteiger partial charge is 0.182 e. The summed E-state index contributed by atoms with van der Waals surface area (Å²) >= 11 is 15.7. The molecule has 0 aliphatic carbocycles. The van der Waals surface area contributed by atoms with Gasteiger partial charge in [0.2, 0.25) is 0 Å². The van der Waals surface area contributed by atoms with Crippen molar-refractivity contribution in [1.82, 2.24) is 49.8 Å². The van der Waals surface area contributed by atoms with Crippen LogP contribution >= 0.6 is 39.1 Å². The van der Waals surface area contributed by atoms with E-state index in [9.17, 15) is 17.6 Å². The van der Waals surface area contributed by atoms with Crippen molar-refractivity contribution in [2.45, 2.75) is 25.9 Å². The van der Waals surface area contributed by atoms with Crippen molar-refractivity contribution in [3.8, 4) is 22.5 Å². The molecule has 316 valence electrons. The third-order valence-corrected chi connectivity index (χ3v) is 11.0. The molecule has 0 saturated heterocycles. The van der Waals surface area contributed by atoms with Gasteiger partial charge in [-0.3, -0.25) is 0 Å². The number of rotatable bonds is 6. The van der Waals surface area contributed by atoms with E-state index in [1.807, 2.05) is 37.3 Å². The fourth-order valence-corrected chi connectivity index (χ4v) is 7.56. The van der Waals surface area contributed by atoms with Gasteiger partial charge in [-0.1, -0.05) is 59.6 Å². The van der Waals surface area contributed by atoms with Gasteiger partial charge in [0, 0.05) is 33.5 Å². The van der Waals surface area contributed by atoms with Gasteiger partial charge in [0.05, 0.1) is 51.2 Å². The van der Waals surface area contributed by atoms with Crippen molar-refractivity contribution in [3.63, 3.8) is 0 Å². The van der Waals surface area contributed by atoms with Gasteiger partial charge < -0.3 is 21.0 Å². The summed E-state index contributed by atoms with van der Waals surface area (Å²) in [4.78, 5) is 39.3. The molecule has 5 N–H and O–H groups in total. The van der Waals surface area contributed by atoms with E-state index in [4.69, 9.17) is 28.9 Å². The number of aromatic nitrogens is 10. The first-order valence-electron chi connectivity index (χ1n) is 18.9. The zero-order valence-electron chi connectivity index (χ0n) is 32.8. The standard InChI is InChI=1S/C22H15ClF2N6.C17H13ClF2N2.C5H3BrN4/c1-11(30-22-20-21(27-9-26-20)28-10-29-22)14-8-12-4-2-6-15(23)18(12)31-19(14)13-5-3-7-16(24)17(13)25;1-9(21)12-8-10-4-2-6-13(18)16(10)22-17(12)11-5-3-7-14(19)15(11)20;6-4-3-5(9-1-7-3)10-2-8-4/h2-11H,1H3,(H2,26,27,28,29,30);2-9H,21H2,1H3;1-2H,(H,7,8,9,10)/t11-;9-;/m00./s1. The Labute approximate surface area is 373 Å². The minimum absolute atomic E-state index is 0.0554. The molecular weight excluding hydrogens is 923 g/mol. The van der Waals surface area contributed by atoms with Crippen molar-refractivity contribution in [1.29, 1.82) is 0 Å². The molecule has 63 heavy (non-hydrogen) atoms. The Morgan fingerprint density at radius 2 is 1.11 bits per heavy atom. The number of nitrogens with zero attached hydrogens (tertiary/aromatic N) is 8. The van der Waals surface area contributed by atoms with Gasteiger partial charge in [0.1, 0.15) is 28.3 Å². The van der Waals surface area contributed by atoms with E-state index < -0.39 is 23.3 Å². The molecule has 0 fully saturated rings. The van der Waals surface area contributed by atoms with Gasteiger partial charge in [0.15, 0.2) is 40.4 Å². The van der Waals surface area contributed by atoms with Gasteiger partial charge in [-0.2, -0.15) is 0 Å². The second-order valence-corrected chi connectivity index (χ2v) is 15.5. The number of anilines is 1. The normalized spacial score (nSPS) is 12.2. The van der Waals surface area contributed by atoms with E-state index in [1.54, 1.807) is 31.5 Å². The maximum Gasteiger partial charge on any atom is 0.182 e. The fourth-order valence-electron chi connectivity index (χ4n) is 6.73. The van der Waals surface area contributed by atoms with Crippen LogP contribution in [0.25, 0.3) is 66.6 Å². The topological polar surface area (TPSA) is 173 Å². The Morgan fingerprint density at radius 3 is 1.67 bits per heavy atom. The lowest BCUT2D eigenvalue weighted by Crippen LogP contribution is -2.11. The second kappa shape index (κ2) is 18.4. The van der Waals surface area contributed by atoms with Crippen LogP contribution < -0.4 is 11.1 Å². The van der Waals surface area contributed by atoms with E-state index in [0.717, 1.165) is 33.0 Å². The Hall–Kier alpha value is -6.66. The lowest BCUT2D eigenvalue weighted by Gasteiger charge is -2.20. The van der Waals surface area contributed by atoms with Gasteiger partial charge in [0.25, 0.3) is 0 Å². The molecule has 0 aliphatic heterocycles. The van der Waals surface area contributed by atoms with E-state index in [-0.39, 0.29) is 23.2 Å². The van der Waals surface area contributed by atoms with Crippen LogP contribution in [-0.2, 0) is 0 Å². The zero-order valence-corrected chi connectivity index (χ0v) is 35.9. The minimum Gasteiger partial charge on any atom is -0.362 e. The number of aromatic amines is 2. The molecule has 10 rings (SSSR count). The molecule has 2 atom stereocenters. The largest absolute Gasteiger partial charge is 0.362 e. The van der Waals surface area contributed by atoms with Crippen molar-refractivity contribution >= 4 is 89.1 Å². The van der Waals surface area contributed by atoms with Gasteiger partial charge >= 0.3 is 0 Å². The number of hydrogen-bond acceptors (Lipinski definition) is 10. The van der Waals surface area contributed by atoms with Gasteiger partial charge in [-0.25, -0.2) is 57.4 Å². The van der Waals surface area contributed by atoms with Gasteiger partial charge in [-0.15, -0.1) is 0 Å². The summed E-state index contributed by atoms with van der Waals surface area (Å²) in [6, 6.07) is 21.7. The van der Waals surface area contributed by atoms with Crippen LogP contribution in [0.15, 0.2) is 115 Å². The molecule has 6 heterocycles. The van der Waals surface area contributed by atoms with Crippen molar-refractivity contribution in [2.75, 3.05) is 5.32 Å². The average Bonchev–Trinajstić information content (AvgIpc) is 3.98. The zero-order chi connectivity index (χ0) is 44.4. The number of nitrogens with two attached hydrogens (primary N) is 1. The predicted molar refractivity (Wildman–Crippen MR) is 240 cm³/mol. The fraction of sp³-hybridized carbons (Fsp3) is 0.0909. The number of benzene rings is 4. The number of pyridine rings is 2. The highest BCUT2D eigenvalue weighted by Crippen LogP contribution is 2.36. The molecule has 0 bridgehead atoms. The number of para-hydroxylation sites is 2. The van der Waals surface area contributed by atoms with E-state index in [2.05, 4.69) is 71.1 Å². The summed E-state index contributed by atoms with van der Waals surface area (Å²) in [7, 11) is 0. The quantitative estimate of drug-likeness (QED) is 0.0928. The summed E-state index contributed by atoms with van der Waals surface area (Å²) < 4.78 is 57.1. The number of nitrogens with one attached hydrogen (secondary N) is 3. The number of H-pyrrole nitrogens is 2. The van der Waals surface area contributed by atoms with Crippen molar-refractivity contribution in [2.24, 2.45) is 5.73 Å². The van der Waals surface area contributed by atoms with Crippen LogP contribution in [-0.4, -0.2) is 49.8 Å². The summed E-state index contributed by atoms with van der Waals surface area (Å²) in [6.45, 7) is 3.66. The van der Waals surface area contributed by atoms with E-state index in [1.165, 1.54) is 43.2 Å². The molecule has 0 amide bonds. The lowest BCUT2D eigenvalue weighted by molar-refractivity contribution is 0.511. The second-order valence-electron chi connectivity index (χ2n) is 13.9. The summed E-state index contributed by atoms with van der Waals surface area (Å²) in [5, 5.41) is 5.77. The third kappa shape index (κ3) is 8.86. The highest BCUT2D eigenvalue weighted by atomic mass is 79.9. The number of halogens is 7. The Bertz CT molecular complexity index is 3290. The molecule has 10 aromatic rings. The van der Waals surface area contributed by atoms with Crippen molar-refractivity contribution < 1.29 is 17.6 Å². The maximum absolute atomic E-state index is 14.7. The summed E-state index contributed by atoms with van der Waals surface area (Å²) in [6.07, 6.45) is 5.99. The molecule has 0 unspecified atom stereocenters. The van der Waals surface area contributed by atoms with Crippen LogP contribution in [0.5, 0.6) is 0 Å². The molecule has 4 aromatic carbocycles. The highest BCUT2D eigenvalue weighted by molar-refractivity contribution is 9.10. The molecule has 0 aliphatic rings. The van der Waals surface area contributed by atoms with E-state index in [0.29, 0.717) is 66.2 Å². The van der Waals surface area contributed by atoms with Crippen LogP contribution in [0.2, 0.25) is 10.0 Å². The SMILES string of the molecule is Brc1ncnc2nc[nH]c12.C[C@H](N)c1cc2cccc(Cl)c2nc1-c1cccc(F)c1F.C[C@H](Nc1ncnc2nc[nH]c12)c1cc2cccc(Cl)c2nc1-c1cccc(F)c1F. The Balaban J connectivity index is 0.000000147. The molecule has 12 nitrogen and oxygen atoms in total. The Morgan fingerprint density at radius 1 is 0.619 bits per heavy atom. The lowest BCUT2D eigenvalue weighted by atomic mass is 9.98. The Kier molecular flexibility index (Phi) is 12.5. The molecule has 19 heteroatoms. The molecule has 0 spiro atoms. The third-order valence-electron chi connectivity index (χ3n) is 9.78. The number of imidazole rings is 2. The maximum atomic E-state index is 14.7.